The smallest absolute Gasteiger partial charge is 0.105 e. The van der Waals surface area contributed by atoms with E-state index in [0.717, 1.165) is 23.6 Å². The quantitative estimate of drug-likeness (QED) is 0.769. The van der Waals surface area contributed by atoms with Gasteiger partial charge in [0, 0.05) is 30.5 Å². The van der Waals surface area contributed by atoms with Crippen molar-refractivity contribution < 1.29 is 4.42 Å². The van der Waals surface area contributed by atoms with Crippen molar-refractivity contribution >= 4 is 5.69 Å². The molecular weight excluding hydrogens is 250 g/mol. The largest absolute Gasteiger partial charge is 0.469 e. The summed E-state index contributed by atoms with van der Waals surface area (Å²) in [6, 6.07) is 14.4. The van der Waals surface area contributed by atoms with E-state index in [1.807, 2.05) is 29.1 Å². The Hall–Kier alpha value is -2.49. The molecule has 1 aromatic carbocycles. The van der Waals surface area contributed by atoms with E-state index in [0.29, 0.717) is 6.04 Å². The minimum Gasteiger partial charge on any atom is -0.469 e. The molecule has 4 nitrogen and oxygen atoms in total. The van der Waals surface area contributed by atoms with Crippen LogP contribution >= 0.6 is 0 Å². The SMILES string of the molecule is CC(Cc1ccco1)Nc1ccc(-n2cccn2)cc1. The summed E-state index contributed by atoms with van der Waals surface area (Å²) in [6.45, 7) is 2.14. The van der Waals surface area contributed by atoms with Crippen molar-refractivity contribution in [2.24, 2.45) is 0 Å². The topological polar surface area (TPSA) is 43.0 Å². The molecule has 102 valence electrons. The van der Waals surface area contributed by atoms with Gasteiger partial charge >= 0.3 is 0 Å². The monoisotopic (exact) mass is 267 g/mol. The molecule has 0 saturated heterocycles. The van der Waals surface area contributed by atoms with Crippen molar-refractivity contribution in [1.29, 1.82) is 0 Å². The molecule has 3 rings (SSSR count). The predicted octanol–water partition coefficient (Wildman–Crippen LogP) is 3.51. The number of aromatic nitrogens is 2. The number of nitrogens with one attached hydrogen (secondary N) is 1. The third-order valence-corrected chi connectivity index (χ3v) is 3.14. The molecule has 0 bridgehead atoms. The Morgan fingerprint density at radius 1 is 1.20 bits per heavy atom. The third-order valence-electron chi connectivity index (χ3n) is 3.14. The highest BCUT2D eigenvalue weighted by Gasteiger charge is 2.05. The molecule has 0 aliphatic carbocycles. The Balaban J connectivity index is 1.63. The highest BCUT2D eigenvalue weighted by atomic mass is 16.3. The molecule has 0 aliphatic heterocycles. The van der Waals surface area contributed by atoms with Gasteiger partial charge in [0.1, 0.15) is 5.76 Å². The fourth-order valence-electron chi connectivity index (χ4n) is 2.20. The summed E-state index contributed by atoms with van der Waals surface area (Å²) in [6.07, 6.45) is 6.29. The van der Waals surface area contributed by atoms with E-state index in [9.17, 15) is 0 Å². The Morgan fingerprint density at radius 2 is 2.05 bits per heavy atom. The van der Waals surface area contributed by atoms with Crippen LogP contribution in [0.15, 0.2) is 65.5 Å². The van der Waals surface area contributed by atoms with Gasteiger partial charge < -0.3 is 9.73 Å². The maximum absolute atomic E-state index is 5.36. The first-order valence-electron chi connectivity index (χ1n) is 6.70. The Bertz CT molecular complexity index is 627. The summed E-state index contributed by atoms with van der Waals surface area (Å²) in [5.74, 6) is 0.998. The molecule has 0 aliphatic rings. The lowest BCUT2D eigenvalue weighted by Gasteiger charge is -2.14. The van der Waals surface area contributed by atoms with Gasteiger partial charge in [0.25, 0.3) is 0 Å². The summed E-state index contributed by atoms with van der Waals surface area (Å²) in [4.78, 5) is 0. The zero-order chi connectivity index (χ0) is 13.8. The highest BCUT2D eigenvalue weighted by Crippen LogP contribution is 2.15. The van der Waals surface area contributed by atoms with Gasteiger partial charge in [0.2, 0.25) is 0 Å². The Kier molecular flexibility index (Phi) is 3.54. The molecule has 0 saturated carbocycles. The molecule has 20 heavy (non-hydrogen) atoms. The molecule has 0 fully saturated rings. The standard InChI is InChI=1S/C16H17N3O/c1-13(12-16-4-2-11-20-16)18-14-5-7-15(8-6-14)19-10-3-9-17-19/h2-11,13,18H,12H2,1H3. The Morgan fingerprint density at radius 3 is 2.70 bits per heavy atom. The van der Waals surface area contributed by atoms with E-state index in [1.54, 1.807) is 12.5 Å². The average molecular weight is 267 g/mol. The van der Waals surface area contributed by atoms with Crippen LogP contribution in [-0.4, -0.2) is 15.8 Å². The van der Waals surface area contributed by atoms with Gasteiger partial charge in [-0.3, -0.25) is 0 Å². The van der Waals surface area contributed by atoms with E-state index in [2.05, 4.69) is 41.6 Å². The van der Waals surface area contributed by atoms with Gasteiger partial charge in [0.05, 0.1) is 12.0 Å². The maximum Gasteiger partial charge on any atom is 0.105 e. The fraction of sp³-hybridized carbons (Fsp3) is 0.188. The number of nitrogens with zero attached hydrogens (tertiary/aromatic N) is 2. The number of hydrogen-bond donors (Lipinski definition) is 1. The van der Waals surface area contributed by atoms with E-state index in [1.165, 1.54) is 0 Å². The van der Waals surface area contributed by atoms with Crippen LogP contribution < -0.4 is 5.32 Å². The van der Waals surface area contributed by atoms with Crippen molar-refractivity contribution in [1.82, 2.24) is 9.78 Å². The first-order valence-corrected chi connectivity index (χ1v) is 6.70. The van der Waals surface area contributed by atoms with Crippen molar-refractivity contribution in [2.75, 3.05) is 5.32 Å². The second-order valence-corrected chi connectivity index (χ2v) is 4.83. The summed E-state index contributed by atoms with van der Waals surface area (Å²) in [7, 11) is 0. The number of rotatable bonds is 5. The van der Waals surface area contributed by atoms with Crippen LogP contribution in [0.3, 0.4) is 0 Å². The van der Waals surface area contributed by atoms with Gasteiger partial charge in [-0.15, -0.1) is 0 Å². The number of benzene rings is 1. The molecule has 2 aromatic heterocycles. The first kappa shape index (κ1) is 12.5. The van der Waals surface area contributed by atoms with Gasteiger partial charge in [-0.1, -0.05) is 0 Å². The summed E-state index contributed by atoms with van der Waals surface area (Å²) < 4.78 is 7.20. The molecule has 1 N–H and O–H groups in total. The van der Waals surface area contributed by atoms with E-state index in [4.69, 9.17) is 4.42 Å². The summed E-state index contributed by atoms with van der Waals surface area (Å²) >= 11 is 0. The molecule has 3 aromatic rings. The van der Waals surface area contributed by atoms with Crippen LogP contribution in [0.25, 0.3) is 5.69 Å². The maximum atomic E-state index is 5.36. The van der Waals surface area contributed by atoms with Crippen LogP contribution in [-0.2, 0) is 6.42 Å². The molecule has 0 radical (unpaired) electrons. The second-order valence-electron chi connectivity index (χ2n) is 4.83. The molecule has 0 amide bonds. The average Bonchev–Trinajstić information content (AvgIpc) is 3.12. The lowest BCUT2D eigenvalue weighted by atomic mass is 10.2. The predicted molar refractivity (Wildman–Crippen MR) is 79.1 cm³/mol. The van der Waals surface area contributed by atoms with Crippen LogP contribution in [0.1, 0.15) is 12.7 Å². The molecule has 0 spiro atoms. The summed E-state index contributed by atoms with van der Waals surface area (Å²) in [5, 5.41) is 7.67. The van der Waals surface area contributed by atoms with Crippen LogP contribution in [0, 0.1) is 0 Å². The van der Waals surface area contributed by atoms with Crippen molar-refractivity contribution in [3.8, 4) is 5.69 Å². The van der Waals surface area contributed by atoms with Gasteiger partial charge in [-0.25, -0.2) is 4.68 Å². The normalized spacial score (nSPS) is 12.2. The van der Waals surface area contributed by atoms with Gasteiger partial charge in [0.15, 0.2) is 0 Å². The fourth-order valence-corrected chi connectivity index (χ4v) is 2.20. The number of anilines is 1. The molecule has 2 heterocycles. The van der Waals surface area contributed by atoms with Gasteiger partial charge in [-0.05, 0) is 49.4 Å². The highest BCUT2D eigenvalue weighted by molar-refractivity contribution is 5.49. The number of hydrogen-bond acceptors (Lipinski definition) is 3. The van der Waals surface area contributed by atoms with E-state index in [-0.39, 0.29) is 0 Å². The zero-order valence-corrected chi connectivity index (χ0v) is 11.4. The first-order chi connectivity index (χ1) is 9.81. The van der Waals surface area contributed by atoms with Crippen molar-refractivity contribution in [2.45, 2.75) is 19.4 Å². The lowest BCUT2D eigenvalue weighted by molar-refractivity contribution is 0.498. The zero-order valence-electron chi connectivity index (χ0n) is 11.4. The molecular formula is C16H17N3O. The van der Waals surface area contributed by atoms with E-state index >= 15 is 0 Å². The van der Waals surface area contributed by atoms with Crippen LogP contribution in [0.4, 0.5) is 5.69 Å². The third kappa shape index (κ3) is 2.91. The van der Waals surface area contributed by atoms with Crippen LogP contribution in [0.2, 0.25) is 0 Å². The lowest BCUT2D eigenvalue weighted by Crippen LogP contribution is -2.17. The minimum atomic E-state index is 0.316. The van der Waals surface area contributed by atoms with Crippen molar-refractivity contribution in [3.05, 3.63) is 66.9 Å². The summed E-state index contributed by atoms with van der Waals surface area (Å²) in [5.41, 5.74) is 2.15. The van der Waals surface area contributed by atoms with E-state index < -0.39 is 0 Å². The van der Waals surface area contributed by atoms with Crippen molar-refractivity contribution in [3.63, 3.8) is 0 Å². The minimum absolute atomic E-state index is 0.316. The van der Waals surface area contributed by atoms with Gasteiger partial charge in [-0.2, -0.15) is 5.10 Å². The molecule has 1 unspecified atom stereocenters. The molecule has 4 heteroatoms. The second kappa shape index (κ2) is 5.65. The van der Waals surface area contributed by atoms with Crippen LogP contribution in [0.5, 0.6) is 0 Å². The number of furan rings is 1. The molecule has 1 atom stereocenters. The Labute approximate surface area is 118 Å².